The first-order valence-electron chi connectivity index (χ1n) is 2.98. The average Bonchev–Trinajstić information content (AvgIpc) is 1.59. The molecule has 2 unspecified atom stereocenters. The van der Waals surface area contributed by atoms with E-state index in [4.69, 9.17) is 11.5 Å². The van der Waals surface area contributed by atoms with Gasteiger partial charge in [0, 0.05) is 0 Å². The summed E-state index contributed by atoms with van der Waals surface area (Å²) >= 11 is 0. The van der Waals surface area contributed by atoms with Crippen LogP contribution >= 0.6 is 0 Å². The first-order chi connectivity index (χ1) is 4.18. The highest BCUT2D eigenvalue weighted by Crippen LogP contribution is 1.83. The number of rotatable bonds is 0. The van der Waals surface area contributed by atoms with Crippen molar-refractivity contribution in [3.05, 3.63) is 0 Å². The van der Waals surface area contributed by atoms with Gasteiger partial charge in [-0.1, -0.05) is 0 Å². The van der Waals surface area contributed by atoms with Crippen molar-refractivity contribution >= 4 is 0 Å². The third-order valence-electron chi connectivity index (χ3n) is 1.22. The van der Waals surface area contributed by atoms with Gasteiger partial charge in [0.25, 0.3) is 0 Å². The molecule has 1 rings (SSSR count). The molecular formula is C4H13N5. The Morgan fingerprint density at radius 1 is 1.00 bits per heavy atom. The maximum absolute atomic E-state index is 5.47. The fourth-order valence-electron chi connectivity index (χ4n) is 0.876. The smallest absolute Gasteiger partial charge is 0.112 e. The van der Waals surface area contributed by atoms with E-state index in [0.717, 1.165) is 0 Å². The maximum atomic E-state index is 5.47. The van der Waals surface area contributed by atoms with Crippen LogP contribution in [-0.2, 0) is 0 Å². The van der Waals surface area contributed by atoms with Crippen LogP contribution in [0.5, 0.6) is 0 Å². The van der Waals surface area contributed by atoms with E-state index >= 15 is 0 Å². The van der Waals surface area contributed by atoms with Crippen LogP contribution in [0.2, 0.25) is 0 Å². The maximum Gasteiger partial charge on any atom is 0.112 e. The molecule has 54 valence electrons. The van der Waals surface area contributed by atoms with Crippen LogP contribution in [-0.4, -0.2) is 18.7 Å². The highest BCUT2D eigenvalue weighted by atomic mass is 15.4. The van der Waals surface area contributed by atoms with Crippen LogP contribution in [0.25, 0.3) is 0 Å². The summed E-state index contributed by atoms with van der Waals surface area (Å²) in [5.41, 5.74) is 10.9. The van der Waals surface area contributed by atoms with Gasteiger partial charge in [-0.15, -0.1) is 0 Å². The second-order valence-corrected chi connectivity index (χ2v) is 2.18. The van der Waals surface area contributed by atoms with Crippen molar-refractivity contribution < 1.29 is 0 Å². The molecule has 0 aliphatic carbocycles. The van der Waals surface area contributed by atoms with Crippen LogP contribution in [0.15, 0.2) is 0 Å². The summed E-state index contributed by atoms with van der Waals surface area (Å²) in [5, 5.41) is 8.81. The van der Waals surface area contributed by atoms with Crippen LogP contribution < -0.4 is 27.4 Å². The molecule has 7 N–H and O–H groups in total. The van der Waals surface area contributed by atoms with Gasteiger partial charge in [0.2, 0.25) is 0 Å². The lowest BCUT2D eigenvalue weighted by Gasteiger charge is -2.32. The zero-order valence-corrected chi connectivity index (χ0v) is 5.39. The Kier molecular flexibility index (Phi) is 1.99. The summed E-state index contributed by atoms with van der Waals surface area (Å²) in [6.45, 7) is 1.96. The van der Waals surface area contributed by atoms with Crippen LogP contribution in [0.4, 0.5) is 0 Å². The molecule has 0 bridgehead atoms. The molecule has 0 radical (unpaired) electrons. The summed E-state index contributed by atoms with van der Waals surface area (Å²) in [5.74, 6) is 0. The van der Waals surface area contributed by atoms with Gasteiger partial charge in [0.15, 0.2) is 0 Å². The van der Waals surface area contributed by atoms with Gasteiger partial charge in [0.05, 0.1) is 6.17 Å². The van der Waals surface area contributed by atoms with E-state index in [9.17, 15) is 0 Å². The quantitative estimate of drug-likeness (QED) is 0.253. The first kappa shape index (κ1) is 6.91. The van der Waals surface area contributed by atoms with Crippen molar-refractivity contribution in [1.29, 1.82) is 0 Å². The molecule has 0 amide bonds. The molecule has 5 heteroatoms. The Bertz CT molecular complexity index is 69.9. The lowest BCUT2D eigenvalue weighted by atomic mass is 10.4. The average molecular weight is 131 g/mol. The van der Waals surface area contributed by atoms with E-state index in [0.29, 0.717) is 0 Å². The predicted octanol–water partition coefficient (Wildman–Crippen LogP) is -2.40. The largest absolute Gasteiger partial charge is 0.303 e. The summed E-state index contributed by atoms with van der Waals surface area (Å²) in [7, 11) is 0. The summed E-state index contributed by atoms with van der Waals surface area (Å²) in [6, 6.07) is 0. The minimum absolute atomic E-state index is 0.177. The Morgan fingerprint density at radius 2 is 1.44 bits per heavy atom. The highest BCUT2D eigenvalue weighted by Gasteiger charge is 2.17. The number of hydrogen-bond donors (Lipinski definition) is 5. The zero-order valence-electron chi connectivity index (χ0n) is 5.39. The molecule has 2 atom stereocenters. The monoisotopic (exact) mass is 131 g/mol. The van der Waals surface area contributed by atoms with Crippen molar-refractivity contribution in [3.8, 4) is 0 Å². The topological polar surface area (TPSA) is 88.1 Å². The highest BCUT2D eigenvalue weighted by molar-refractivity contribution is 4.73. The van der Waals surface area contributed by atoms with Gasteiger partial charge >= 0.3 is 0 Å². The van der Waals surface area contributed by atoms with Crippen LogP contribution in [0.1, 0.15) is 6.92 Å². The minimum Gasteiger partial charge on any atom is -0.303 e. The molecule has 5 nitrogen and oxygen atoms in total. The lowest BCUT2D eigenvalue weighted by molar-refractivity contribution is 0.217. The Labute approximate surface area is 54.2 Å². The van der Waals surface area contributed by atoms with Gasteiger partial charge < -0.3 is 11.5 Å². The number of nitrogens with two attached hydrogens (primary N) is 2. The van der Waals surface area contributed by atoms with E-state index in [2.05, 4.69) is 16.0 Å². The molecule has 1 saturated heterocycles. The zero-order chi connectivity index (χ0) is 6.85. The molecule has 0 aromatic carbocycles. The van der Waals surface area contributed by atoms with E-state index in [1.165, 1.54) is 0 Å². The van der Waals surface area contributed by atoms with E-state index in [1.807, 2.05) is 6.92 Å². The third-order valence-corrected chi connectivity index (χ3v) is 1.22. The number of hydrogen-bond acceptors (Lipinski definition) is 5. The van der Waals surface area contributed by atoms with Gasteiger partial charge in [-0.05, 0) is 6.92 Å². The standard InChI is InChI=1S/C4H13N5/c1-2-7-3(5)9-4(6)8-2/h2-4,7-9H,5-6H2,1H3. The molecule has 1 fully saturated rings. The summed E-state index contributed by atoms with van der Waals surface area (Å²) < 4.78 is 0. The Balaban J connectivity index is 2.34. The fraction of sp³-hybridized carbons (Fsp3) is 1.00. The molecule has 9 heavy (non-hydrogen) atoms. The van der Waals surface area contributed by atoms with E-state index < -0.39 is 0 Å². The molecule has 0 spiro atoms. The molecule has 1 aliphatic heterocycles. The molecular weight excluding hydrogens is 118 g/mol. The minimum atomic E-state index is -0.198. The summed E-state index contributed by atoms with van der Waals surface area (Å²) in [6.07, 6.45) is -0.219. The van der Waals surface area contributed by atoms with Crippen molar-refractivity contribution in [3.63, 3.8) is 0 Å². The molecule has 1 aliphatic rings. The molecule has 0 saturated carbocycles. The SMILES string of the molecule is CC1NC(N)NC(N)N1. The Morgan fingerprint density at radius 3 is 1.78 bits per heavy atom. The van der Waals surface area contributed by atoms with Crippen LogP contribution in [0, 0.1) is 0 Å². The van der Waals surface area contributed by atoms with Crippen molar-refractivity contribution in [2.24, 2.45) is 11.5 Å². The van der Waals surface area contributed by atoms with E-state index in [-0.39, 0.29) is 18.7 Å². The predicted molar refractivity (Wildman–Crippen MR) is 34.8 cm³/mol. The fourth-order valence-corrected chi connectivity index (χ4v) is 0.876. The van der Waals surface area contributed by atoms with E-state index in [1.54, 1.807) is 0 Å². The van der Waals surface area contributed by atoms with Gasteiger partial charge in [-0.3, -0.25) is 16.0 Å². The van der Waals surface area contributed by atoms with Gasteiger partial charge in [0.1, 0.15) is 12.6 Å². The van der Waals surface area contributed by atoms with Crippen molar-refractivity contribution in [2.75, 3.05) is 0 Å². The van der Waals surface area contributed by atoms with Gasteiger partial charge in [-0.2, -0.15) is 0 Å². The Hall–Kier alpha value is -0.200. The molecule has 0 aromatic heterocycles. The molecule has 0 aromatic rings. The van der Waals surface area contributed by atoms with Crippen molar-refractivity contribution in [1.82, 2.24) is 16.0 Å². The van der Waals surface area contributed by atoms with Crippen LogP contribution in [0.3, 0.4) is 0 Å². The second kappa shape index (κ2) is 2.59. The van der Waals surface area contributed by atoms with Crippen molar-refractivity contribution in [2.45, 2.75) is 25.7 Å². The normalized spacial score (nSPS) is 45.0. The summed E-state index contributed by atoms with van der Waals surface area (Å²) in [4.78, 5) is 0. The molecule has 1 heterocycles. The first-order valence-corrected chi connectivity index (χ1v) is 2.98. The third kappa shape index (κ3) is 1.88. The second-order valence-electron chi connectivity index (χ2n) is 2.18. The lowest BCUT2D eigenvalue weighted by Crippen LogP contribution is -2.71. The van der Waals surface area contributed by atoms with Gasteiger partial charge in [-0.25, -0.2) is 0 Å². The number of nitrogens with one attached hydrogen (secondary N) is 3.